The molecule has 5 N–H and O–H groups in total. The minimum absolute atomic E-state index is 0.120. The second kappa shape index (κ2) is 12.8. The van der Waals surface area contributed by atoms with E-state index in [2.05, 4.69) is 16.0 Å². The molecule has 0 aliphatic carbocycles. The van der Waals surface area contributed by atoms with Crippen LogP contribution in [0.25, 0.3) is 11.1 Å². The molecule has 4 aromatic carbocycles. The normalized spacial score (nSPS) is 12.3. The molecule has 0 saturated heterocycles. The van der Waals surface area contributed by atoms with E-state index in [0.717, 1.165) is 16.7 Å². The van der Waals surface area contributed by atoms with Crippen molar-refractivity contribution in [3.8, 4) is 11.1 Å². The van der Waals surface area contributed by atoms with Crippen LogP contribution in [0.1, 0.15) is 31.9 Å². The monoisotopic (exact) mass is 604 g/mol. The molecule has 0 bridgehead atoms. The number of urea groups is 1. The highest BCUT2D eigenvalue weighted by atomic mass is 35.5. The van der Waals surface area contributed by atoms with Gasteiger partial charge in [-0.1, -0.05) is 93.0 Å². The number of carbonyl (C=O) groups excluding carboxylic acids is 2. The first-order valence-corrected chi connectivity index (χ1v) is 15.2. The van der Waals surface area contributed by atoms with Crippen LogP contribution in [0, 0.1) is 0 Å². The van der Waals surface area contributed by atoms with Gasteiger partial charge in [0.25, 0.3) is 0 Å². The number of rotatable bonds is 8. The van der Waals surface area contributed by atoms with Crippen LogP contribution in [0.5, 0.6) is 0 Å². The molecular formula is C32H33ClN4O4S. The van der Waals surface area contributed by atoms with Crippen molar-refractivity contribution in [1.29, 1.82) is 0 Å². The van der Waals surface area contributed by atoms with Crippen molar-refractivity contribution in [2.75, 3.05) is 10.6 Å². The fourth-order valence-electron chi connectivity index (χ4n) is 4.58. The SMILES string of the molecule is CC(C)(C)c1ccccc1-c1ccc(NC(=O)[C@@H](Cc2ccccc2)NC(=O)Nc2ccc(Cl)cc2)cc1S(N)(=O)=O. The smallest absolute Gasteiger partial charge is 0.319 e. The number of carbonyl (C=O) groups is 2. The molecule has 0 unspecified atom stereocenters. The van der Waals surface area contributed by atoms with Crippen molar-refractivity contribution < 1.29 is 18.0 Å². The van der Waals surface area contributed by atoms with E-state index in [4.69, 9.17) is 16.7 Å². The minimum Gasteiger partial charge on any atom is -0.326 e. The van der Waals surface area contributed by atoms with Crippen molar-refractivity contribution in [1.82, 2.24) is 5.32 Å². The molecule has 10 heteroatoms. The number of hydrogen-bond donors (Lipinski definition) is 4. The molecule has 42 heavy (non-hydrogen) atoms. The number of halogens is 1. The van der Waals surface area contributed by atoms with Crippen molar-refractivity contribution in [3.05, 3.63) is 113 Å². The van der Waals surface area contributed by atoms with Gasteiger partial charge in [0.1, 0.15) is 6.04 Å². The summed E-state index contributed by atoms with van der Waals surface area (Å²) in [5, 5.41) is 14.3. The van der Waals surface area contributed by atoms with E-state index in [-0.39, 0.29) is 22.4 Å². The quantitative estimate of drug-likeness (QED) is 0.187. The zero-order valence-corrected chi connectivity index (χ0v) is 25.1. The molecule has 3 amide bonds. The van der Waals surface area contributed by atoms with Gasteiger partial charge < -0.3 is 16.0 Å². The first kappa shape index (κ1) is 30.8. The predicted molar refractivity (Wildman–Crippen MR) is 168 cm³/mol. The van der Waals surface area contributed by atoms with Gasteiger partial charge in [-0.25, -0.2) is 18.4 Å². The Morgan fingerprint density at radius 2 is 1.43 bits per heavy atom. The van der Waals surface area contributed by atoms with Gasteiger partial charge in [-0.2, -0.15) is 0 Å². The summed E-state index contributed by atoms with van der Waals surface area (Å²) in [5.41, 5.74) is 3.40. The molecule has 0 heterocycles. The van der Waals surface area contributed by atoms with Crippen molar-refractivity contribution in [2.45, 2.75) is 43.5 Å². The second-order valence-electron chi connectivity index (χ2n) is 10.9. The molecule has 0 radical (unpaired) electrons. The van der Waals surface area contributed by atoms with Crippen LogP contribution in [-0.4, -0.2) is 26.4 Å². The van der Waals surface area contributed by atoms with Gasteiger partial charge in [0.2, 0.25) is 15.9 Å². The first-order valence-electron chi connectivity index (χ1n) is 13.3. The van der Waals surface area contributed by atoms with Crippen LogP contribution >= 0.6 is 11.6 Å². The lowest BCUT2D eigenvalue weighted by Gasteiger charge is -2.24. The zero-order chi connectivity index (χ0) is 30.5. The molecule has 4 aromatic rings. The van der Waals surface area contributed by atoms with Crippen LogP contribution in [0.4, 0.5) is 16.2 Å². The Bertz CT molecular complexity index is 1690. The lowest BCUT2D eigenvalue weighted by atomic mass is 9.82. The first-order chi connectivity index (χ1) is 19.8. The van der Waals surface area contributed by atoms with E-state index in [9.17, 15) is 18.0 Å². The summed E-state index contributed by atoms with van der Waals surface area (Å²) in [6, 6.07) is 26.3. The van der Waals surface area contributed by atoms with Gasteiger partial charge in [0, 0.05) is 28.4 Å². The molecular weight excluding hydrogens is 572 g/mol. The third-order valence-corrected chi connectivity index (χ3v) is 7.79. The summed E-state index contributed by atoms with van der Waals surface area (Å²) in [4.78, 5) is 26.2. The fourth-order valence-corrected chi connectivity index (χ4v) is 5.48. The molecule has 4 rings (SSSR count). The predicted octanol–water partition coefficient (Wildman–Crippen LogP) is 6.32. The maximum Gasteiger partial charge on any atom is 0.319 e. The Hall–Kier alpha value is -4.18. The highest BCUT2D eigenvalue weighted by Gasteiger charge is 2.25. The third-order valence-electron chi connectivity index (χ3n) is 6.59. The van der Waals surface area contributed by atoms with Crippen LogP contribution in [0.15, 0.2) is 102 Å². The number of nitrogens with two attached hydrogens (primary N) is 1. The molecule has 0 aliphatic heterocycles. The van der Waals surface area contributed by atoms with Gasteiger partial charge in [-0.15, -0.1) is 0 Å². The lowest BCUT2D eigenvalue weighted by Crippen LogP contribution is -2.46. The summed E-state index contributed by atoms with van der Waals surface area (Å²) in [6.45, 7) is 6.13. The molecule has 1 atom stereocenters. The molecule has 0 saturated carbocycles. The largest absolute Gasteiger partial charge is 0.326 e. The number of hydrogen-bond acceptors (Lipinski definition) is 4. The minimum atomic E-state index is -4.17. The van der Waals surface area contributed by atoms with E-state index in [1.54, 1.807) is 36.4 Å². The maximum absolute atomic E-state index is 13.5. The van der Waals surface area contributed by atoms with Crippen LogP contribution in [-0.2, 0) is 26.7 Å². The highest BCUT2D eigenvalue weighted by molar-refractivity contribution is 7.89. The average molecular weight is 605 g/mol. The van der Waals surface area contributed by atoms with Crippen molar-refractivity contribution in [3.63, 3.8) is 0 Å². The lowest BCUT2D eigenvalue weighted by molar-refractivity contribution is -0.117. The van der Waals surface area contributed by atoms with Gasteiger partial charge in [0.05, 0.1) is 4.90 Å². The number of sulfonamides is 1. The summed E-state index contributed by atoms with van der Waals surface area (Å²) in [5.74, 6) is -0.534. The van der Waals surface area contributed by atoms with Crippen LogP contribution in [0.3, 0.4) is 0 Å². The second-order valence-corrected chi connectivity index (χ2v) is 12.9. The maximum atomic E-state index is 13.5. The number of anilines is 2. The number of primary sulfonamides is 1. The van der Waals surface area contributed by atoms with Gasteiger partial charge in [-0.05, 0) is 58.5 Å². The number of amides is 3. The number of benzene rings is 4. The molecule has 0 fully saturated rings. The Morgan fingerprint density at radius 3 is 2.07 bits per heavy atom. The Kier molecular flexibility index (Phi) is 9.36. The molecule has 8 nitrogen and oxygen atoms in total. The Morgan fingerprint density at radius 1 is 0.810 bits per heavy atom. The van der Waals surface area contributed by atoms with Gasteiger partial charge >= 0.3 is 6.03 Å². The molecule has 0 aliphatic rings. The molecule has 0 aromatic heterocycles. The summed E-state index contributed by atoms with van der Waals surface area (Å²) >= 11 is 5.93. The van der Waals surface area contributed by atoms with E-state index < -0.39 is 28.0 Å². The zero-order valence-electron chi connectivity index (χ0n) is 23.5. The van der Waals surface area contributed by atoms with E-state index in [1.165, 1.54) is 6.07 Å². The summed E-state index contributed by atoms with van der Waals surface area (Å²) in [7, 11) is -4.17. The Labute approximate surface area is 251 Å². The van der Waals surface area contributed by atoms with Gasteiger partial charge in [0.15, 0.2) is 0 Å². The standard InChI is InChI=1S/C32H33ClN4O4S/c1-32(2,3)27-12-8-7-11-25(27)26-18-17-24(20-29(26)42(34,40)41)35-30(38)28(19-21-9-5-4-6-10-21)37-31(39)36-23-15-13-22(33)14-16-23/h4-18,20,28H,19H2,1-3H3,(H,35,38)(H2,34,40,41)(H2,36,37,39)/t28-/m1/s1. The van der Waals surface area contributed by atoms with E-state index in [0.29, 0.717) is 16.3 Å². The Balaban J connectivity index is 1.63. The highest BCUT2D eigenvalue weighted by Crippen LogP contribution is 2.37. The number of nitrogens with one attached hydrogen (secondary N) is 3. The average Bonchev–Trinajstić information content (AvgIpc) is 2.93. The summed E-state index contributed by atoms with van der Waals surface area (Å²) in [6.07, 6.45) is 0.194. The summed E-state index contributed by atoms with van der Waals surface area (Å²) < 4.78 is 25.5. The van der Waals surface area contributed by atoms with Crippen LogP contribution < -0.4 is 21.1 Å². The topological polar surface area (TPSA) is 130 Å². The molecule has 0 spiro atoms. The van der Waals surface area contributed by atoms with Crippen LogP contribution in [0.2, 0.25) is 5.02 Å². The third kappa shape index (κ3) is 7.97. The van der Waals surface area contributed by atoms with Crippen molar-refractivity contribution >= 4 is 44.9 Å². The van der Waals surface area contributed by atoms with Gasteiger partial charge in [-0.3, -0.25) is 4.79 Å². The van der Waals surface area contributed by atoms with Crippen molar-refractivity contribution in [2.24, 2.45) is 5.14 Å². The van der Waals surface area contributed by atoms with E-state index >= 15 is 0 Å². The molecule has 218 valence electrons. The fraction of sp³-hybridized carbons (Fsp3) is 0.188. The van der Waals surface area contributed by atoms with E-state index in [1.807, 2.05) is 75.4 Å².